The van der Waals surface area contributed by atoms with Gasteiger partial charge in [0.15, 0.2) is 0 Å². The molecule has 2 N–H and O–H groups in total. The van der Waals surface area contributed by atoms with E-state index in [0.717, 1.165) is 17.7 Å². The van der Waals surface area contributed by atoms with Gasteiger partial charge in [-0.05, 0) is 37.5 Å². The van der Waals surface area contributed by atoms with E-state index in [-0.39, 0.29) is 11.9 Å². The molecule has 0 radical (unpaired) electrons. The molecule has 2 aliphatic rings. The molecule has 0 aromatic heterocycles. The standard InChI is InChI=1S/C18H21F2N3O5/c1-18(11-4-6-12(7-5-11)28-16(19)20)15(25)23(17(26)22-18)10-14(24)21-9-13-3-2-8-27-13/h4-7,13,16H,2-3,8-10H2,1H3,(H,21,24)(H,22,26)/t13-,18+/m0/s1. The fraction of sp³-hybridized carbons (Fsp3) is 0.500. The molecule has 0 bridgehead atoms. The molecule has 3 rings (SSSR count). The lowest BCUT2D eigenvalue weighted by Gasteiger charge is -2.22. The second-order valence-electron chi connectivity index (χ2n) is 6.79. The van der Waals surface area contributed by atoms with Crippen LogP contribution in [-0.2, 0) is 19.9 Å². The molecule has 152 valence electrons. The van der Waals surface area contributed by atoms with Crippen molar-refractivity contribution in [3.8, 4) is 5.75 Å². The van der Waals surface area contributed by atoms with Gasteiger partial charge in [0.1, 0.15) is 17.8 Å². The summed E-state index contributed by atoms with van der Waals surface area (Å²) in [7, 11) is 0. The number of urea groups is 1. The van der Waals surface area contributed by atoms with Gasteiger partial charge in [0, 0.05) is 13.2 Å². The molecule has 2 atom stereocenters. The molecule has 2 fully saturated rings. The van der Waals surface area contributed by atoms with Crippen LogP contribution in [-0.4, -0.2) is 55.2 Å². The van der Waals surface area contributed by atoms with Crippen LogP contribution in [0.5, 0.6) is 5.75 Å². The van der Waals surface area contributed by atoms with E-state index in [1.54, 1.807) is 0 Å². The van der Waals surface area contributed by atoms with Crippen LogP contribution in [0.2, 0.25) is 0 Å². The van der Waals surface area contributed by atoms with Crippen molar-refractivity contribution in [3.63, 3.8) is 0 Å². The zero-order valence-corrected chi connectivity index (χ0v) is 15.2. The summed E-state index contributed by atoms with van der Waals surface area (Å²) < 4.78 is 34.2. The highest BCUT2D eigenvalue weighted by atomic mass is 19.3. The van der Waals surface area contributed by atoms with Crippen LogP contribution >= 0.6 is 0 Å². The Bertz CT molecular complexity index is 752. The summed E-state index contributed by atoms with van der Waals surface area (Å²) >= 11 is 0. The summed E-state index contributed by atoms with van der Waals surface area (Å²) in [5.41, 5.74) is -1.02. The first-order chi connectivity index (χ1) is 13.3. The molecular formula is C18H21F2N3O5. The van der Waals surface area contributed by atoms with Crippen molar-refractivity contribution in [3.05, 3.63) is 29.8 Å². The van der Waals surface area contributed by atoms with Gasteiger partial charge in [0.25, 0.3) is 5.91 Å². The summed E-state index contributed by atoms with van der Waals surface area (Å²) in [5.74, 6) is -1.14. The molecule has 1 aromatic carbocycles. The minimum Gasteiger partial charge on any atom is -0.435 e. The fourth-order valence-corrected chi connectivity index (χ4v) is 3.24. The molecule has 2 aliphatic heterocycles. The highest BCUT2D eigenvalue weighted by Gasteiger charge is 2.49. The minimum atomic E-state index is -2.96. The van der Waals surface area contributed by atoms with Crippen LogP contribution in [0.15, 0.2) is 24.3 Å². The number of amides is 4. The molecule has 0 spiro atoms. The highest BCUT2D eigenvalue weighted by Crippen LogP contribution is 2.30. The highest BCUT2D eigenvalue weighted by molar-refractivity contribution is 6.09. The van der Waals surface area contributed by atoms with Crippen LogP contribution in [0.3, 0.4) is 0 Å². The maximum absolute atomic E-state index is 12.8. The summed E-state index contributed by atoms with van der Waals surface area (Å²) in [6, 6.07) is 4.69. The molecule has 10 heteroatoms. The van der Waals surface area contributed by atoms with Crippen LogP contribution in [0.4, 0.5) is 13.6 Å². The van der Waals surface area contributed by atoms with E-state index in [0.29, 0.717) is 18.7 Å². The lowest BCUT2D eigenvalue weighted by Crippen LogP contribution is -2.44. The van der Waals surface area contributed by atoms with Gasteiger partial charge in [0.2, 0.25) is 5.91 Å². The second kappa shape index (κ2) is 8.09. The quantitative estimate of drug-likeness (QED) is 0.677. The average molecular weight is 397 g/mol. The number of benzene rings is 1. The van der Waals surface area contributed by atoms with Crippen molar-refractivity contribution >= 4 is 17.8 Å². The molecule has 2 saturated heterocycles. The first kappa shape index (κ1) is 20.0. The van der Waals surface area contributed by atoms with Gasteiger partial charge >= 0.3 is 12.6 Å². The summed E-state index contributed by atoms with van der Waals surface area (Å²) in [6.07, 6.45) is 1.74. The van der Waals surface area contributed by atoms with Gasteiger partial charge in [-0.15, -0.1) is 0 Å². The van der Waals surface area contributed by atoms with E-state index in [4.69, 9.17) is 4.74 Å². The van der Waals surface area contributed by atoms with E-state index in [1.807, 2.05) is 0 Å². The molecule has 0 aliphatic carbocycles. The van der Waals surface area contributed by atoms with Crippen molar-refractivity contribution in [2.45, 2.75) is 38.0 Å². The van der Waals surface area contributed by atoms with Crippen molar-refractivity contribution in [2.24, 2.45) is 0 Å². The van der Waals surface area contributed by atoms with Gasteiger partial charge in [-0.2, -0.15) is 8.78 Å². The van der Waals surface area contributed by atoms with E-state index in [2.05, 4.69) is 15.4 Å². The van der Waals surface area contributed by atoms with Crippen LogP contribution in [0, 0.1) is 0 Å². The monoisotopic (exact) mass is 397 g/mol. The molecule has 28 heavy (non-hydrogen) atoms. The fourth-order valence-electron chi connectivity index (χ4n) is 3.24. The van der Waals surface area contributed by atoms with Crippen molar-refractivity contribution in [2.75, 3.05) is 19.7 Å². The van der Waals surface area contributed by atoms with Crippen molar-refractivity contribution < 1.29 is 32.6 Å². The third-order valence-electron chi connectivity index (χ3n) is 4.78. The Morgan fingerprint density at radius 2 is 2.11 bits per heavy atom. The number of hydrogen-bond acceptors (Lipinski definition) is 5. The van der Waals surface area contributed by atoms with Gasteiger partial charge < -0.3 is 20.1 Å². The van der Waals surface area contributed by atoms with Crippen LogP contribution in [0.1, 0.15) is 25.3 Å². The van der Waals surface area contributed by atoms with E-state index >= 15 is 0 Å². The lowest BCUT2D eigenvalue weighted by atomic mass is 9.92. The zero-order valence-electron chi connectivity index (χ0n) is 15.2. The number of imide groups is 1. The number of ether oxygens (including phenoxy) is 2. The Morgan fingerprint density at radius 3 is 2.71 bits per heavy atom. The third-order valence-corrected chi connectivity index (χ3v) is 4.78. The molecule has 1 aromatic rings. The molecular weight excluding hydrogens is 376 g/mol. The maximum atomic E-state index is 12.8. The maximum Gasteiger partial charge on any atom is 0.387 e. The first-order valence-corrected chi connectivity index (χ1v) is 8.87. The predicted octanol–water partition coefficient (Wildman–Crippen LogP) is 1.35. The summed E-state index contributed by atoms with van der Waals surface area (Å²) in [4.78, 5) is 38.0. The topological polar surface area (TPSA) is 97.0 Å². The third kappa shape index (κ3) is 4.22. The van der Waals surface area contributed by atoms with Gasteiger partial charge in [0.05, 0.1) is 6.10 Å². The normalized spacial score (nSPS) is 24.6. The number of rotatable bonds is 7. The van der Waals surface area contributed by atoms with E-state index in [1.165, 1.54) is 31.2 Å². The summed E-state index contributed by atoms with van der Waals surface area (Å²) in [6.45, 7) is -0.906. The lowest BCUT2D eigenvalue weighted by molar-refractivity contribution is -0.134. The number of carbonyl (C=O) groups is 3. The van der Waals surface area contributed by atoms with Crippen LogP contribution in [0.25, 0.3) is 0 Å². The minimum absolute atomic E-state index is 0.0497. The Morgan fingerprint density at radius 1 is 1.39 bits per heavy atom. The van der Waals surface area contributed by atoms with Crippen LogP contribution < -0.4 is 15.4 Å². The Balaban J connectivity index is 1.63. The van der Waals surface area contributed by atoms with Gasteiger partial charge in [-0.25, -0.2) is 4.79 Å². The number of hydrogen-bond donors (Lipinski definition) is 2. The smallest absolute Gasteiger partial charge is 0.387 e. The molecule has 0 saturated carbocycles. The summed E-state index contributed by atoms with van der Waals surface area (Å²) in [5, 5.41) is 5.21. The molecule has 2 heterocycles. The molecule has 4 amide bonds. The van der Waals surface area contributed by atoms with Crippen molar-refractivity contribution in [1.82, 2.24) is 15.5 Å². The number of carbonyl (C=O) groups excluding carboxylic acids is 3. The SMILES string of the molecule is C[C@]1(c2ccc(OC(F)F)cc2)NC(=O)N(CC(=O)NC[C@@H]2CCCO2)C1=O. The first-order valence-electron chi connectivity index (χ1n) is 8.87. The Labute approximate surface area is 160 Å². The number of nitrogens with one attached hydrogen (secondary N) is 2. The number of halogens is 2. The molecule has 0 unspecified atom stereocenters. The average Bonchev–Trinajstić information content (AvgIpc) is 3.23. The largest absolute Gasteiger partial charge is 0.435 e. The zero-order chi connectivity index (χ0) is 20.3. The Hall–Kier alpha value is -2.75. The second-order valence-corrected chi connectivity index (χ2v) is 6.79. The Kier molecular flexibility index (Phi) is 5.78. The van der Waals surface area contributed by atoms with E-state index in [9.17, 15) is 23.2 Å². The van der Waals surface area contributed by atoms with Gasteiger partial charge in [-0.3, -0.25) is 14.5 Å². The van der Waals surface area contributed by atoms with Crippen molar-refractivity contribution in [1.29, 1.82) is 0 Å². The predicted molar refractivity (Wildman–Crippen MR) is 92.7 cm³/mol. The number of alkyl halides is 2. The van der Waals surface area contributed by atoms with Gasteiger partial charge in [-0.1, -0.05) is 12.1 Å². The van der Waals surface area contributed by atoms with E-state index < -0.39 is 36.5 Å². The number of nitrogens with zero attached hydrogens (tertiary/aromatic N) is 1. The molecule has 8 nitrogen and oxygen atoms in total.